The summed E-state index contributed by atoms with van der Waals surface area (Å²) in [4.78, 5) is 16.7. The van der Waals surface area contributed by atoms with Crippen molar-refractivity contribution in [1.29, 1.82) is 0 Å². The molecule has 3 rings (SSSR count). The maximum atomic E-state index is 12.8. The second-order valence-corrected chi connectivity index (χ2v) is 6.47. The zero-order valence-corrected chi connectivity index (χ0v) is 15.0. The molecule has 1 amide bonds. The molecule has 5 nitrogen and oxygen atoms in total. The van der Waals surface area contributed by atoms with Gasteiger partial charge in [-0.25, -0.2) is 0 Å². The molecule has 1 saturated heterocycles. The van der Waals surface area contributed by atoms with Gasteiger partial charge in [-0.15, -0.1) is 0 Å². The number of anilines is 1. The highest BCUT2D eigenvalue weighted by atomic mass is 79.9. The van der Waals surface area contributed by atoms with E-state index in [2.05, 4.69) is 20.8 Å². The van der Waals surface area contributed by atoms with E-state index in [-0.39, 0.29) is 11.7 Å². The van der Waals surface area contributed by atoms with Crippen molar-refractivity contribution in [3.63, 3.8) is 0 Å². The van der Waals surface area contributed by atoms with Crippen LogP contribution < -0.4 is 9.64 Å². The SMILES string of the molecule is COc1ccc(Br)c(C(=O)N2CCN(c3ccccc3O)CC2)c1. The van der Waals surface area contributed by atoms with Gasteiger partial charge in [-0.2, -0.15) is 0 Å². The fourth-order valence-corrected chi connectivity index (χ4v) is 3.26. The number of para-hydroxylation sites is 2. The number of phenolic OH excluding ortho intramolecular Hbond substituents is 1. The van der Waals surface area contributed by atoms with Crippen molar-refractivity contribution in [2.45, 2.75) is 0 Å². The summed E-state index contributed by atoms with van der Waals surface area (Å²) in [5.41, 5.74) is 1.41. The van der Waals surface area contributed by atoms with Crippen LogP contribution in [0.15, 0.2) is 46.9 Å². The lowest BCUT2D eigenvalue weighted by Crippen LogP contribution is -2.48. The number of rotatable bonds is 3. The molecule has 0 spiro atoms. The van der Waals surface area contributed by atoms with Crippen molar-refractivity contribution in [3.8, 4) is 11.5 Å². The maximum absolute atomic E-state index is 12.8. The van der Waals surface area contributed by atoms with Gasteiger partial charge in [0, 0.05) is 30.7 Å². The van der Waals surface area contributed by atoms with Gasteiger partial charge in [0.05, 0.1) is 18.4 Å². The third-order valence-corrected chi connectivity index (χ3v) is 4.88. The second kappa shape index (κ2) is 7.13. The van der Waals surface area contributed by atoms with Crippen molar-refractivity contribution in [2.24, 2.45) is 0 Å². The van der Waals surface area contributed by atoms with Crippen LogP contribution in [0.25, 0.3) is 0 Å². The van der Waals surface area contributed by atoms with Gasteiger partial charge in [0.2, 0.25) is 0 Å². The van der Waals surface area contributed by atoms with Crippen LogP contribution in [0.3, 0.4) is 0 Å². The Balaban J connectivity index is 1.71. The zero-order chi connectivity index (χ0) is 17.1. The zero-order valence-electron chi connectivity index (χ0n) is 13.4. The highest BCUT2D eigenvalue weighted by Gasteiger charge is 2.24. The first-order chi connectivity index (χ1) is 11.6. The topological polar surface area (TPSA) is 53.0 Å². The predicted molar refractivity (Wildman–Crippen MR) is 96.9 cm³/mol. The summed E-state index contributed by atoms with van der Waals surface area (Å²) in [6.07, 6.45) is 0. The lowest BCUT2D eigenvalue weighted by atomic mass is 10.1. The average molecular weight is 391 g/mol. The summed E-state index contributed by atoms with van der Waals surface area (Å²) >= 11 is 3.44. The van der Waals surface area contributed by atoms with E-state index in [1.165, 1.54) is 0 Å². The normalized spacial score (nSPS) is 14.6. The quantitative estimate of drug-likeness (QED) is 0.874. The number of phenols is 1. The van der Waals surface area contributed by atoms with Gasteiger partial charge < -0.3 is 19.6 Å². The molecule has 6 heteroatoms. The smallest absolute Gasteiger partial charge is 0.255 e. The summed E-state index contributed by atoms with van der Waals surface area (Å²) in [5.74, 6) is 0.917. The number of hydrogen-bond acceptors (Lipinski definition) is 4. The average Bonchev–Trinajstić information content (AvgIpc) is 2.62. The third-order valence-electron chi connectivity index (χ3n) is 4.19. The number of piperazine rings is 1. The molecular weight excluding hydrogens is 372 g/mol. The molecule has 24 heavy (non-hydrogen) atoms. The van der Waals surface area contributed by atoms with Crippen molar-refractivity contribution >= 4 is 27.5 Å². The van der Waals surface area contributed by atoms with Crippen LogP contribution in [-0.2, 0) is 0 Å². The number of carbonyl (C=O) groups is 1. The molecule has 1 aliphatic heterocycles. The monoisotopic (exact) mass is 390 g/mol. The first-order valence-electron chi connectivity index (χ1n) is 7.76. The molecule has 2 aromatic carbocycles. The molecule has 1 aliphatic rings. The summed E-state index contributed by atoms with van der Waals surface area (Å²) in [7, 11) is 1.59. The Morgan fingerprint density at radius 1 is 1.12 bits per heavy atom. The molecule has 0 radical (unpaired) electrons. The minimum Gasteiger partial charge on any atom is -0.506 e. The molecule has 1 N–H and O–H groups in total. The van der Waals surface area contributed by atoms with E-state index in [0.717, 1.165) is 10.2 Å². The van der Waals surface area contributed by atoms with Crippen LogP contribution >= 0.6 is 15.9 Å². The van der Waals surface area contributed by atoms with Crippen molar-refractivity contribution in [1.82, 2.24) is 4.90 Å². The van der Waals surface area contributed by atoms with Crippen LogP contribution in [0.2, 0.25) is 0 Å². The lowest BCUT2D eigenvalue weighted by molar-refractivity contribution is 0.0745. The minimum absolute atomic E-state index is 0.0160. The van der Waals surface area contributed by atoms with Gasteiger partial charge in [0.15, 0.2) is 0 Å². The minimum atomic E-state index is -0.0160. The summed E-state index contributed by atoms with van der Waals surface area (Å²) < 4.78 is 5.97. The molecule has 0 aliphatic carbocycles. The lowest BCUT2D eigenvalue weighted by Gasteiger charge is -2.36. The van der Waals surface area contributed by atoms with Crippen LogP contribution in [-0.4, -0.2) is 49.2 Å². The Hall–Kier alpha value is -2.21. The maximum Gasteiger partial charge on any atom is 0.255 e. The van der Waals surface area contributed by atoms with E-state index in [1.54, 1.807) is 25.3 Å². The Morgan fingerprint density at radius 2 is 1.83 bits per heavy atom. The number of benzene rings is 2. The largest absolute Gasteiger partial charge is 0.506 e. The molecule has 0 bridgehead atoms. The first-order valence-corrected chi connectivity index (χ1v) is 8.55. The molecular formula is C18H19BrN2O3. The van der Waals surface area contributed by atoms with Gasteiger partial charge in [-0.05, 0) is 46.3 Å². The highest BCUT2D eigenvalue weighted by Crippen LogP contribution is 2.28. The number of aromatic hydroxyl groups is 1. The second-order valence-electron chi connectivity index (χ2n) is 5.61. The number of hydrogen-bond donors (Lipinski definition) is 1. The Morgan fingerprint density at radius 3 is 2.50 bits per heavy atom. The fourth-order valence-electron chi connectivity index (χ4n) is 2.85. The number of nitrogens with zero attached hydrogens (tertiary/aromatic N) is 2. The van der Waals surface area contributed by atoms with Crippen molar-refractivity contribution in [3.05, 3.63) is 52.5 Å². The van der Waals surface area contributed by atoms with Gasteiger partial charge in [0.1, 0.15) is 11.5 Å². The summed E-state index contributed by atoms with van der Waals surface area (Å²) in [6, 6.07) is 12.7. The molecule has 2 aromatic rings. The Bertz CT molecular complexity index is 743. The van der Waals surface area contributed by atoms with Crippen LogP contribution in [0, 0.1) is 0 Å². The summed E-state index contributed by atoms with van der Waals surface area (Å²) in [5, 5.41) is 9.97. The molecule has 0 unspecified atom stereocenters. The van der Waals surface area contributed by atoms with Gasteiger partial charge in [-0.3, -0.25) is 4.79 Å². The number of halogens is 1. The van der Waals surface area contributed by atoms with Crippen molar-refractivity contribution < 1.29 is 14.6 Å². The van der Waals surface area contributed by atoms with Gasteiger partial charge in [-0.1, -0.05) is 12.1 Å². The summed E-state index contributed by atoms with van der Waals surface area (Å²) in [6.45, 7) is 2.59. The van der Waals surface area contributed by atoms with Gasteiger partial charge >= 0.3 is 0 Å². The molecule has 0 aromatic heterocycles. The van der Waals surface area contributed by atoms with E-state index < -0.39 is 0 Å². The third kappa shape index (κ3) is 3.33. The van der Waals surface area contributed by atoms with Crippen LogP contribution in [0.4, 0.5) is 5.69 Å². The predicted octanol–water partition coefficient (Wildman–Crippen LogP) is 3.13. The standard InChI is InChI=1S/C18H19BrN2O3/c1-24-13-6-7-15(19)14(12-13)18(23)21-10-8-20(9-11-21)16-4-2-3-5-17(16)22/h2-7,12,22H,8-11H2,1H3. The molecule has 1 fully saturated rings. The fraction of sp³-hybridized carbons (Fsp3) is 0.278. The van der Waals surface area contributed by atoms with E-state index in [9.17, 15) is 9.90 Å². The highest BCUT2D eigenvalue weighted by molar-refractivity contribution is 9.10. The molecule has 1 heterocycles. The number of ether oxygens (including phenoxy) is 1. The molecule has 126 valence electrons. The first kappa shape index (κ1) is 16.6. The van der Waals surface area contributed by atoms with Crippen molar-refractivity contribution in [2.75, 3.05) is 38.2 Å². The number of amides is 1. The van der Waals surface area contributed by atoms with E-state index >= 15 is 0 Å². The van der Waals surface area contributed by atoms with E-state index in [0.29, 0.717) is 37.5 Å². The van der Waals surface area contributed by atoms with Crippen LogP contribution in [0.1, 0.15) is 10.4 Å². The van der Waals surface area contributed by atoms with Crippen LogP contribution in [0.5, 0.6) is 11.5 Å². The van der Waals surface area contributed by atoms with E-state index in [1.807, 2.05) is 29.2 Å². The molecule has 0 atom stereocenters. The van der Waals surface area contributed by atoms with E-state index in [4.69, 9.17) is 4.74 Å². The Labute approximate surface area is 149 Å². The molecule has 0 saturated carbocycles. The number of methoxy groups -OCH3 is 1. The number of carbonyl (C=O) groups excluding carboxylic acids is 1. The van der Waals surface area contributed by atoms with Gasteiger partial charge in [0.25, 0.3) is 5.91 Å². The Kier molecular flexibility index (Phi) is 4.94.